The van der Waals surface area contributed by atoms with Crippen LogP contribution in [0.4, 0.5) is 19.0 Å². The molecular formula is C34H43ClF3N8O2+. The SMILES string of the molecule is CN(C)C(=O)C(=N)/C(Cl)=C1/CN(c2nc(OC[C@@]34CCCN3C[C@H](F)C4)nc3c2CN(C)[C@@]2(CCc4c(F)ccc(F)c42)C3)CCC[NH2+]1. The maximum Gasteiger partial charge on any atom is 0.318 e. The van der Waals surface area contributed by atoms with Crippen molar-refractivity contribution in [2.75, 3.05) is 65.4 Å². The average Bonchev–Trinajstić information content (AvgIpc) is 3.65. The van der Waals surface area contributed by atoms with Gasteiger partial charge in [-0.2, -0.15) is 9.97 Å². The summed E-state index contributed by atoms with van der Waals surface area (Å²) in [6.45, 7) is 3.53. The number of ether oxygens (including phenoxy) is 1. The summed E-state index contributed by atoms with van der Waals surface area (Å²) >= 11 is 6.70. The molecule has 5 heterocycles. The van der Waals surface area contributed by atoms with Crippen LogP contribution in [0.3, 0.4) is 0 Å². The molecule has 3 fully saturated rings. The highest BCUT2D eigenvalue weighted by Crippen LogP contribution is 2.50. The van der Waals surface area contributed by atoms with E-state index < -0.39 is 34.8 Å². The molecule has 1 aromatic heterocycles. The Morgan fingerprint density at radius 3 is 2.73 bits per heavy atom. The molecule has 4 aliphatic heterocycles. The van der Waals surface area contributed by atoms with Crippen molar-refractivity contribution in [2.24, 2.45) is 0 Å². The van der Waals surface area contributed by atoms with Gasteiger partial charge in [-0.1, -0.05) is 11.6 Å². The highest BCUT2D eigenvalue weighted by Gasteiger charge is 2.51. The predicted molar refractivity (Wildman–Crippen MR) is 175 cm³/mol. The number of aromatic nitrogens is 2. The summed E-state index contributed by atoms with van der Waals surface area (Å²) in [6.07, 6.45) is 3.43. The normalized spacial score (nSPS) is 28.2. The Kier molecular flexibility index (Phi) is 8.70. The lowest BCUT2D eigenvalue weighted by Crippen LogP contribution is -2.83. The molecule has 48 heavy (non-hydrogen) atoms. The van der Waals surface area contributed by atoms with E-state index in [-0.39, 0.29) is 23.4 Å². The number of alkyl halides is 1. The van der Waals surface area contributed by atoms with Gasteiger partial charge in [0.25, 0.3) is 5.91 Å². The molecule has 1 aromatic carbocycles. The van der Waals surface area contributed by atoms with Crippen LogP contribution in [0, 0.1) is 17.0 Å². The molecule has 14 heteroatoms. The van der Waals surface area contributed by atoms with Crippen molar-refractivity contribution < 1.29 is 28.0 Å². The van der Waals surface area contributed by atoms with E-state index in [1.54, 1.807) is 14.1 Å². The van der Waals surface area contributed by atoms with E-state index in [1.165, 1.54) is 17.0 Å². The summed E-state index contributed by atoms with van der Waals surface area (Å²) < 4.78 is 51.4. The van der Waals surface area contributed by atoms with Gasteiger partial charge in [0.15, 0.2) is 0 Å². The van der Waals surface area contributed by atoms with Gasteiger partial charge in [0.05, 0.1) is 29.9 Å². The number of carbonyl (C=O) groups is 1. The Hall–Kier alpha value is -3.26. The number of carbonyl (C=O) groups excluding carboxylic acids is 1. The minimum absolute atomic E-state index is 0.0959. The number of nitrogens with zero attached hydrogens (tertiary/aromatic N) is 6. The summed E-state index contributed by atoms with van der Waals surface area (Å²) in [5.41, 5.74) is 1.59. The second kappa shape index (κ2) is 12.6. The van der Waals surface area contributed by atoms with Gasteiger partial charge in [-0.3, -0.25) is 20.0 Å². The van der Waals surface area contributed by atoms with Gasteiger partial charge in [0.2, 0.25) is 0 Å². The summed E-state index contributed by atoms with van der Waals surface area (Å²) in [6, 6.07) is 2.58. The fourth-order valence-corrected chi connectivity index (χ4v) is 8.88. The Morgan fingerprint density at radius 1 is 1.15 bits per heavy atom. The number of fused-ring (bicyclic) bond motifs is 4. The molecule has 0 saturated carbocycles. The maximum absolute atomic E-state index is 15.5. The molecule has 0 unspecified atom stereocenters. The smallest absolute Gasteiger partial charge is 0.318 e. The van der Waals surface area contributed by atoms with Crippen LogP contribution in [0.2, 0.25) is 0 Å². The number of benzene rings is 1. The quantitative estimate of drug-likeness (QED) is 0.451. The molecule has 0 radical (unpaired) electrons. The Labute approximate surface area is 283 Å². The van der Waals surface area contributed by atoms with Crippen molar-refractivity contribution in [2.45, 2.75) is 68.7 Å². The van der Waals surface area contributed by atoms with Crippen molar-refractivity contribution in [3.63, 3.8) is 0 Å². The number of likely N-dealkylation sites (N-methyl/N-ethyl adjacent to an activating group) is 1. The monoisotopic (exact) mass is 687 g/mol. The average molecular weight is 688 g/mol. The molecule has 2 aromatic rings. The number of nitrogens with one attached hydrogen (secondary N) is 1. The predicted octanol–water partition coefficient (Wildman–Crippen LogP) is 2.87. The number of hydrogen-bond donors (Lipinski definition) is 2. The van der Waals surface area contributed by atoms with E-state index in [9.17, 15) is 13.6 Å². The second-order valence-corrected chi connectivity index (χ2v) is 14.6. The van der Waals surface area contributed by atoms with Crippen LogP contribution in [0.25, 0.3) is 0 Å². The molecule has 1 aliphatic carbocycles. The first kappa shape index (κ1) is 33.2. The van der Waals surface area contributed by atoms with Crippen molar-refractivity contribution in [3.8, 4) is 6.01 Å². The first-order valence-electron chi connectivity index (χ1n) is 16.8. The van der Waals surface area contributed by atoms with E-state index in [2.05, 4.69) is 14.7 Å². The van der Waals surface area contributed by atoms with Gasteiger partial charge in [-0.05, 0) is 57.0 Å². The van der Waals surface area contributed by atoms with E-state index in [4.69, 9.17) is 31.7 Å². The standard InChI is InChI=1S/C34H42ClF3N8O2/c1-43(2)31(47)29(39)28(35)26-18-45(12-5-11-40-26)30-22-17-44(3)34(10-8-21-23(37)6-7-24(38)27(21)34)15-25(22)41-32(42-30)48-19-33-9-4-13-46(33)16-20(36)14-33/h6-7,20,39-40H,4-5,8-19H2,1-3H3/p+1/b28-26+,39-29?/t20-,33+,34+/m1/s1. The van der Waals surface area contributed by atoms with Crippen LogP contribution in [0.1, 0.15) is 54.5 Å². The van der Waals surface area contributed by atoms with Crippen molar-refractivity contribution in [1.29, 1.82) is 5.41 Å². The van der Waals surface area contributed by atoms with Gasteiger partial charge in [-0.25, -0.2) is 13.2 Å². The lowest BCUT2D eigenvalue weighted by Gasteiger charge is -2.44. The lowest BCUT2D eigenvalue weighted by atomic mass is 9.80. The number of nitrogens with two attached hydrogens (primary N) is 1. The maximum atomic E-state index is 15.5. The lowest BCUT2D eigenvalue weighted by molar-refractivity contribution is -0.605. The van der Waals surface area contributed by atoms with Crippen LogP contribution in [0.15, 0.2) is 22.9 Å². The van der Waals surface area contributed by atoms with Gasteiger partial charge < -0.3 is 19.9 Å². The van der Waals surface area contributed by atoms with Crippen LogP contribution >= 0.6 is 11.6 Å². The summed E-state index contributed by atoms with van der Waals surface area (Å²) in [5, 5.41) is 10.5. The molecule has 7 rings (SSSR count). The minimum atomic E-state index is -0.900. The van der Waals surface area contributed by atoms with Gasteiger partial charge in [0.1, 0.15) is 46.7 Å². The fraction of sp³-hybridized carbons (Fsp3) is 0.588. The van der Waals surface area contributed by atoms with Crippen LogP contribution in [-0.2, 0) is 29.7 Å². The number of rotatable bonds is 6. The zero-order chi connectivity index (χ0) is 34.0. The van der Waals surface area contributed by atoms with E-state index in [0.717, 1.165) is 31.4 Å². The van der Waals surface area contributed by atoms with Gasteiger partial charge in [-0.15, -0.1) is 0 Å². The summed E-state index contributed by atoms with van der Waals surface area (Å²) in [4.78, 5) is 30.2. The highest BCUT2D eigenvalue weighted by atomic mass is 35.5. The van der Waals surface area contributed by atoms with E-state index >= 15 is 4.39 Å². The van der Waals surface area contributed by atoms with Crippen molar-refractivity contribution >= 4 is 29.0 Å². The van der Waals surface area contributed by atoms with Crippen LogP contribution in [-0.4, -0.2) is 108 Å². The highest BCUT2D eigenvalue weighted by molar-refractivity contribution is 6.58. The number of anilines is 1. The molecule has 1 amide bonds. The molecule has 10 nitrogen and oxygen atoms in total. The first-order valence-corrected chi connectivity index (χ1v) is 17.2. The van der Waals surface area contributed by atoms with Crippen molar-refractivity contribution in [3.05, 3.63) is 56.9 Å². The molecular weight excluding hydrogens is 645 g/mol. The molecule has 258 valence electrons. The molecule has 5 aliphatic rings. The molecule has 1 spiro atoms. The fourth-order valence-electron chi connectivity index (χ4n) is 8.66. The second-order valence-electron chi connectivity index (χ2n) is 14.2. The van der Waals surface area contributed by atoms with E-state index in [0.29, 0.717) is 86.7 Å². The third-order valence-electron chi connectivity index (χ3n) is 11.1. The Bertz CT molecular complexity index is 1690. The zero-order valence-electron chi connectivity index (χ0n) is 27.7. The Morgan fingerprint density at radius 2 is 1.94 bits per heavy atom. The summed E-state index contributed by atoms with van der Waals surface area (Å²) in [7, 11) is 5.10. The topological polar surface area (TPSA) is 106 Å². The van der Waals surface area contributed by atoms with Crippen LogP contribution < -0.4 is 15.0 Å². The van der Waals surface area contributed by atoms with E-state index in [1.807, 2.05) is 12.4 Å². The molecule has 3 atom stereocenters. The largest absolute Gasteiger partial charge is 0.461 e. The molecule has 0 bridgehead atoms. The number of halogens is 4. The number of amides is 1. The minimum Gasteiger partial charge on any atom is -0.461 e. The van der Waals surface area contributed by atoms with Crippen molar-refractivity contribution in [1.82, 2.24) is 24.7 Å². The van der Waals surface area contributed by atoms with Gasteiger partial charge >= 0.3 is 6.01 Å². The Balaban J connectivity index is 1.28. The number of hydrogen-bond acceptors (Lipinski definition) is 8. The zero-order valence-corrected chi connectivity index (χ0v) is 28.5. The third kappa shape index (κ3) is 5.56. The van der Waals surface area contributed by atoms with Gasteiger partial charge in [0, 0.05) is 64.1 Å². The third-order valence-corrected chi connectivity index (χ3v) is 11.6. The van der Waals surface area contributed by atoms with Crippen LogP contribution in [0.5, 0.6) is 6.01 Å². The summed E-state index contributed by atoms with van der Waals surface area (Å²) in [5.74, 6) is -0.655. The number of quaternary nitrogens is 1. The molecule has 3 saturated heterocycles. The first-order chi connectivity index (χ1) is 22.9. The molecule has 3 N–H and O–H groups in total.